The Morgan fingerprint density at radius 3 is 2.84 bits per heavy atom. The van der Waals surface area contributed by atoms with Gasteiger partial charge in [0.1, 0.15) is 30.9 Å². The maximum atomic E-state index is 6.53. The molecule has 8 heteroatoms. The fourth-order valence-corrected chi connectivity index (χ4v) is 4.29. The van der Waals surface area contributed by atoms with E-state index in [1.165, 1.54) is 0 Å². The van der Waals surface area contributed by atoms with Gasteiger partial charge in [0.05, 0.1) is 27.5 Å². The van der Waals surface area contributed by atoms with Crippen molar-refractivity contribution in [1.82, 2.24) is 9.88 Å². The summed E-state index contributed by atoms with van der Waals surface area (Å²) in [6, 6.07) is 11.9. The first-order valence-electron chi connectivity index (χ1n) is 10.0. The highest BCUT2D eigenvalue weighted by Gasteiger charge is 2.21. The molecule has 0 radical (unpaired) electrons. The van der Waals surface area contributed by atoms with Crippen LogP contribution in [0.5, 0.6) is 11.5 Å². The van der Waals surface area contributed by atoms with Gasteiger partial charge >= 0.3 is 0 Å². The first-order valence-corrected chi connectivity index (χ1v) is 11.3. The first-order chi connectivity index (χ1) is 15.0. The van der Waals surface area contributed by atoms with Crippen LogP contribution in [0.1, 0.15) is 18.2 Å². The summed E-state index contributed by atoms with van der Waals surface area (Å²) in [5, 5.41) is 2.51. The smallest absolute Gasteiger partial charge is 0.138 e. The Morgan fingerprint density at radius 1 is 1.23 bits per heavy atom. The van der Waals surface area contributed by atoms with Crippen LogP contribution in [0.2, 0.25) is 5.02 Å². The number of nitrogens with zero attached hydrogens (tertiary/aromatic N) is 4. The number of fused-ring (bicyclic) bond motifs is 1. The molecular formula is C23H25ClN4O2S. The van der Waals surface area contributed by atoms with Crippen LogP contribution < -0.4 is 14.4 Å². The van der Waals surface area contributed by atoms with Gasteiger partial charge in [0.25, 0.3) is 0 Å². The predicted molar refractivity (Wildman–Crippen MR) is 128 cm³/mol. The van der Waals surface area contributed by atoms with Crippen LogP contribution in [-0.2, 0) is 6.61 Å². The fraction of sp³-hybridized carbons (Fsp3) is 0.304. The lowest BCUT2D eigenvalue weighted by atomic mass is 10.1. The summed E-state index contributed by atoms with van der Waals surface area (Å²) in [5.74, 6) is 1.46. The third-order valence-electron chi connectivity index (χ3n) is 4.81. The van der Waals surface area contributed by atoms with Gasteiger partial charge in [-0.1, -0.05) is 17.7 Å². The van der Waals surface area contributed by atoms with Gasteiger partial charge in [-0.2, -0.15) is 0 Å². The molecule has 3 aromatic rings. The maximum Gasteiger partial charge on any atom is 0.138 e. The normalized spacial score (nSPS) is 13.9. The number of hydrogen-bond donors (Lipinski definition) is 0. The van der Waals surface area contributed by atoms with Crippen LogP contribution in [-0.4, -0.2) is 49.5 Å². The first kappa shape index (κ1) is 21.6. The zero-order valence-electron chi connectivity index (χ0n) is 17.8. The molecule has 0 N–H and O–H groups in total. The molecular weight excluding hydrogens is 432 g/mol. The summed E-state index contributed by atoms with van der Waals surface area (Å²) in [7, 11) is 4.08. The van der Waals surface area contributed by atoms with E-state index < -0.39 is 0 Å². The summed E-state index contributed by atoms with van der Waals surface area (Å²) in [6.45, 7) is 3.81. The second-order valence-corrected chi connectivity index (χ2v) is 8.77. The summed E-state index contributed by atoms with van der Waals surface area (Å²) in [4.78, 5) is 13.0. The highest BCUT2D eigenvalue weighted by atomic mass is 35.5. The Bertz CT molecular complexity index is 1060. The van der Waals surface area contributed by atoms with Crippen molar-refractivity contribution < 1.29 is 9.47 Å². The predicted octanol–water partition coefficient (Wildman–Crippen LogP) is 5.23. The average molecular weight is 457 g/mol. The molecule has 1 aromatic heterocycles. The number of rotatable bonds is 8. The number of aromatic nitrogens is 1. The van der Waals surface area contributed by atoms with Gasteiger partial charge in [0, 0.05) is 23.8 Å². The van der Waals surface area contributed by atoms with E-state index in [4.69, 9.17) is 21.1 Å². The van der Waals surface area contributed by atoms with Crippen molar-refractivity contribution in [3.05, 3.63) is 63.6 Å². The van der Waals surface area contributed by atoms with Crippen molar-refractivity contribution >= 4 is 40.5 Å². The number of anilines is 2. The van der Waals surface area contributed by atoms with Gasteiger partial charge in [0.2, 0.25) is 0 Å². The van der Waals surface area contributed by atoms with E-state index in [2.05, 4.69) is 32.8 Å². The van der Waals surface area contributed by atoms with Crippen LogP contribution in [0, 0.1) is 0 Å². The maximum absolute atomic E-state index is 6.53. The monoisotopic (exact) mass is 456 g/mol. The Kier molecular flexibility index (Phi) is 6.75. The van der Waals surface area contributed by atoms with E-state index in [9.17, 15) is 0 Å². The molecule has 0 aliphatic carbocycles. The van der Waals surface area contributed by atoms with E-state index in [0.717, 1.165) is 34.9 Å². The number of benzene rings is 2. The average Bonchev–Trinajstić information content (AvgIpc) is 3.26. The number of thiazole rings is 1. The molecule has 162 valence electrons. The van der Waals surface area contributed by atoms with Crippen molar-refractivity contribution in [2.45, 2.75) is 19.6 Å². The molecule has 1 atom stereocenters. The van der Waals surface area contributed by atoms with Gasteiger partial charge in [-0.25, -0.2) is 4.98 Å². The number of likely N-dealkylation sites (N-methyl/N-ethyl adjacent to an activating group) is 1. The molecule has 0 fully saturated rings. The van der Waals surface area contributed by atoms with Crippen LogP contribution in [0.4, 0.5) is 11.4 Å². The molecule has 2 heterocycles. The van der Waals surface area contributed by atoms with Crippen molar-refractivity contribution in [3.63, 3.8) is 0 Å². The highest BCUT2D eigenvalue weighted by Crippen LogP contribution is 2.38. The molecule has 0 amide bonds. The third-order valence-corrected chi connectivity index (χ3v) is 5.74. The lowest BCUT2D eigenvalue weighted by Crippen LogP contribution is -2.29. The van der Waals surface area contributed by atoms with Gasteiger partial charge in [-0.15, -0.1) is 11.3 Å². The van der Waals surface area contributed by atoms with Crippen molar-refractivity contribution in [1.29, 1.82) is 0 Å². The molecule has 0 bridgehead atoms. The number of ether oxygens (including phenoxy) is 2. The zero-order chi connectivity index (χ0) is 21.8. The van der Waals surface area contributed by atoms with Crippen molar-refractivity contribution in [3.8, 4) is 11.5 Å². The van der Waals surface area contributed by atoms with E-state index >= 15 is 0 Å². The molecule has 0 spiro atoms. The lowest BCUT2D eigenvalue weighted by Gasteiger charge is -2.29. The Hall–Kier alpha value is -2.61. The van der Waals surface area contributed by atoms with E-state index in [-0.39, 0.29) is 6.10 Å². The van der Waals surface area contributed by atoms with Crippen LogP contribution in [0.25, 0.3) is 0 Å². The second kappa shape index (κ2) is 9.68. The Morgan fingerprint density at radius 2 is 2.10 bits per heavy atom. The quantitative estimate of drug-likeness (QED) is 0.464. The number of hydrogen-bond acceptors (Lipinski definition) is 7. The van der Waals surface area contributed by atoms with Crippen LogP contribution in [0.3, 0.4) is 0 Å². The molecule has 4 rings (SSSR count). The van der Waals surface area contributed by atoms with Crippen molar-refractivity contribution in [2.75, 3.05) is 32.2 Å². The number of aliphatic imine (C=N–C) groups is 1. The summed E-state index contributed by atoms with van der Waals surface area (Å²) in [6.07, 6.45) is 1.95. The summed E-state index contributed by atoms with van der Waals surface area (Å²) >= 11 is 8.07. The topological polar surface area (TPSA) is 50.2 Å². The summed E-state index contributed by atoms with van der Waals surface area (Å²) in [5.41, 5.74) is 5.64. The molecule has 1 aliphatic rings. The van der Waals surface area contributed by atoms with Crippen LogP contribution >= 0.6 is 22.9 Å². The standard InChI is InChI=1S/C23H25ClN4O2S/c1-16(11-27(2)3)30-22-6-4-5-21-19(22)10-25-14-28(21)18-7-8-23(20(24)9-18)29-12-17-13-31-15-26-17/h4-10,13,15-16H,11-12,14H2,1-3H3/t16-/m1/s1. The van der Waals surface area contributed by atoms with Crippen LogP contribution in [0.15, 0.2) is 52.3 Å². The molecule has 0 unspecified atom stereocenters. The summed E-state index contributed by atoms with van der Waals surface area (Å²) < 4.78 is 12.0. The van der Waals surface area contributed by atoms with Gasteiger partial charge in [0.15, 0.2) is 0 Å². The largest absolute Gasteiger partial charge is 0.489 e. The lowest BCUT2D eigenvalue weighted by molar-refractivity contribution is 0.176. The highest BCUT2D eigenvalue weighted by molar-refractivity contribution is 7.07. The molecule has 0 saturated carbocycles. The zero-order valence-corrected chi connectivity index (χ0v) is 19.4. The molecule has 0 saturated heterocycles. The third kappa shape index (κ3) is 5.18. The molecule has 1 aliphatic heterocycles. The van der Waals surface area contributed by atoms with Gasteiger partial charge in [-0.05, 0) is 51.4 Å². The van der Waals surface area contributed by atoms with Crippen molar-refractivity contribution in [2.24, 2.45) is 4.99 Å². The van der Waals surface area contributed by atoms with Gasteiger partial charge in [-0.3, -0.25) is 4.99 Å². The molecule has 2 aromatic carbocycles. The van der Waals surface area contributed by atoms with E-state index in [1.54, 1.807) is 16.8 Å². The Labute approximate surface area is 191 Å². The second-order valence-electron chi connectivity index (χ2n) is 7.64. The minimum atomic E-state index is 0.0638. The minimum absolute atomic E-state index is 0.0638. The van der Waals surface area contributed by atoms with E-state index in [1.807, 2.05) is 56.0 Å². The Balaban J connectivity index is 1.54. The van der Waals surface area contributed by atoms with E-state index in [0.29, 0.717) is 24.0 Å². The van der Waals surface area contributed by atoms with Gasteiger partial charge < -0.3 is 19.3 Å². The minimum Gasteiger partial charge on any atom is -0.489 e. The SMILES string of the molecule is C[C@H](CN(C)C)Oc1cccc2c1C=NCN2c1ccc(OCc2cscn2)c(Cl)c1. The molecule has 6 nitrogen and oxygen atoms in total. The molecule has 31 heavy (non-hydrogen) atoms. The fourth-order valence-electron chi connectivity index (χ4n) is 3.51. The number of halogens is 1.